The fourth-order valence-electron chi connectivity index (χ4n) is 4.80. The van der Waals surface area contributed by atoms with Gasteiger partial charge in [0.15, 0.2) is 15.7 Å². The number of rotatable bonds is 4. The molecular formula is C23H28N4O4S. The molecule has 32 heavy (non-hydrogen) atoms. The van der Waals surface area contributed by atoms with Crippen LogP contribution in [0.5, 0.6) is 0 Å². The zero-order chi connectivity index (χ0) is 22.3. The van der Waals surface area contributed by atoms with Crippen molar-refractivity contribution in [3.05, 3.63) is 42.2 Å². The molecule has 1 N–H and O–H groups in total. The Balaban J connectivity index is 1.74. The number of aromatic amines is 1. The summed E-state index contributed by atoms with van der Waals surface area (Å²) < 4.78 is 36.3. The standard InChI is InChI=1S/C23H28N4O4S/c1-16-15-31-13-10-27(16)21-14-20(23(32(2,28)29)7-11-30-12-8-23)25-22(26-21)18-4-3-5-19-17(18)6-9-24-19/h3-6,9,14,16,24H,7-8,10-13,15H2,1-2H3/t16-/m0/s1. The van der Waals surface area contributed by atoms with Gasteiger partial charge in [0.2, 0.25) is 0 Å². The molecule has 5 rings (SSSR count). The highest BCUT2D eigenvalue weighted by atomic mass is 32.2. The molecule has 0 aliphatic carbocycles. The third kappa shape index (κ3) is 3.58. The molecule has 0 unspecified atom stereocenters. The van der Waals surface area contributed by atoms with Crippen LogP contribution in [0.1, 0.15) is 25.5 Å². The lowest BCUT2D eigenvalue weighted by Gasteiger charge is -2.37. The Morgan fingerprint density at radius 1 is 1.12 bits per heavy atom. The summed E-state index contributed by atoms with van der Waals surface area (Å²) in [5.41, 5.74) is 2.42. The first kappa shape index (κ1) is 21.4. The summed E-state index contributed by atoms with van der Waals surface area (Å²) in [6.07, 6.45) is 3.97. The molecule has 1 atom stereocenters. The van der Waals surface area contributed by atoms with Crippen LogP contribution in [0.4, 0.5) is 5.82 Å². The summed E-state index contributed by atoms with van der Waals surface area (Å²) in [7, 11) is -3.45. The highest BCUT2D eigenvalue weighted by Crippen LogP contribution is 2.41. The van der Waals surface area contributed by atoms with Crippen molar-refractivity contribution >= 4 is 26.6 Å². The van der Waals surface area contributed by atoms with Gasteiger partial charge in [-0.15, -0.1) is 0 Å². The largest absolute Gasteiger partial charge is 0.381 e. The molecule has 2 aliphatic rings. The Morgan fingerprint density at radius 3 is 2.69 bits per heavy atom. The first-order chi connectivity index (χ1) is 15.4. The predicted molar refractivity (Wildman–Crippen MR) is 124 cm³/mol. The zero-order valence-corrected chi connectivity index (χ0v) is 19.2. The van der Waals surface area contributed by atoms with Crippen LogP contribution in [0.25, 0.3) is 22.3 Å². The minimum atomic E-state index is -3.45. The van der Waals surface area contributed by atoms with E-state index in [1.807, 2.05) is 36.5 Å². The number of sulfone groups is 1. The molecule has 0 radical (unpaired) electrons. The van der Waals surface area contributed by atoms with Gasteiger partial charge < -0.3 is 19.4 Å². The van der Waals surface area contributed by atoms with Crippen molar-refractivity contribution in [3.8, 4) is 11.4 Å². The van der Waals surface area contributed by atoms with E-state index in [9.17, 15) is 8.42 Å². The van der Waals surface area contributed by atoms with Crippen molar-refractivity contribution in [2.24, 2.45) is 0 Å². The summed E-state index contributed by atoms with van der Waals surface area (Å²) in [6, 6.07) is 9.95. The molecule has 2 aromatic heterocycles. The van der Waals surface area contributed by atoms with Gasteiger partial charge in [-0.2, -0.15) is 0 Å². The van der Waals surface area contributed by atoms with E-state index in [0.29, 0.717) is 57.3 Å². The van der Waals surface area contributed by atoms with Gasteiger partial charge >= 0.3 is 0 Å². The molecule has 0 amide bonds. The molecule has 2 saturated heterocycles. The summed E-state index contributed by atoms with van der Waals surface area (Å²) in [5.74, 6) is 1.28. The highest BCUT2D eigenvalue weighted by molar-refractivity contribution is 7.91. The van der Waals surface area contributed by atoms with E-state index in [1.165, 1.54) is 6.26 Å². The van der Waals surface area contributed by atoms with Gasteiger partial charge in [-0.3, -0.25) is 0 Å². The predicted octanol–water partition coefficient (Wildman–Crippen LogP) is 2.90. The Hall–Kier alpha value is -2.49. The van der Waals surface area contributed by atoms with Crippen LogP contribution < -0.4 is 4.90 Å². The van der Waals surface area contributed by atoms with Gasteiger partial charge in [0.05, 0.1) is 24.9 Å². The Labute approximate surface area is 187 Å². The number of fused-ring (bicyclic) bond motifs is 1. The quantitative estimate of drug-likeness (QED) is 0.645. The molecule has 3 aromatic rings. The minimum absolute atomic E-state index is 0.131. The van der Waals surface area contributed by atoms with E-state index in [1.54, 1.807) is 0 Å². The monoisotopic (exact) mass is 456 g/mol. The molecule has 0 saturated carbocycles. The fourth-order valence-corrected chi connectivity index (χ4v) is 6.19. The summed E-state index contributed by atoms with van der Waals surface area (Å²) in [4.78, 5) is 15.2. The first-order valence-electron chi connectivity index (χ1n) is 11.0. The number of aromatic nitrogens is 3. The minimum Gasteiger partial charge on any atom is -0.381 e. The lowest BCUT2D eigenvalue weighted by Crippen LogP contribution is -2.45. The van der Waals surface area contributed by atoms with Gasteiger partial charge in [0.25, 0.3) is 0 Å². The van der Waals surface area contributed by atoms with Gasteiger partial charge in [-0.25, -0.2) is 18.4 Å². The zero-order valence-electron chi connectivity index (χ0n) is 18.4. The van der Waals surface area contributed by atoms with Gasteiger partial charge in [-0.1, -0.05) is 12.1 Å². The first-order valence-corrected chi connectivity index (χ1v) is 12.9. The molecule has 170 valence electrons. The number of hydrogen-bond donors (Lipinski definition) is 1. The summed E-state index contributed by atoms with van der Waals surface area (Å²) >= 11 is 0. The smallest absolute Gasteiger partial charge is 0.162 e. The van der Waals surface area contributed by atoms with E-state index in [4.69, 9.17) is 19.4 Å². The molecule has 1 aromatic carbocycles. The summed E-state index contributed by atoms with van der Waals surface area (Å²) in [6.45, 7) is 4.78. The molecule has 2 aliphatic heterocycles. The van der Waals surface area contributed by atoms with E-state index in [2.05, 4.69) is 16.8 Å². The number of morpholine rings is 1. The van der Waals surface area contributed by atoms with Gasteiger partial charge in [0, 0.05) is 54.7 Å². The van der Waals surface area contributed by atoms with Crippen LogP contribution in [0.2, 0.25) is 0 Å². The van der Waals surface area contributed by atoms with Crippen molar-refractivity contribution < 1.29 is 17.9 Å². The number of H-pyrrole nitrogens is 1. The second kappa shape index (κ2) is 8.13. The Kier molecular flexibility index (Phi) is 5.43. The lowest BCUT2D eigenvalue weighted by molar-refractivity contribution is 0.0731. The number of nitrogens with one attached hydrogen (secondary N) is 1. The van der Waals surface area contributed by atoms with Gasteiger partial charge in [-0.05, 0) is 31.9 Å². The fraction of sp³-hybridized carbons (Fsp3) is 0.478. The maximum absolute atomic E-state index is 13.1. The van der Waals surface area contributed by atoms with Gasteiger partial charge in [0.1, 0.15) is 10.6 Å². The van der Waals surface area contributed by atoms with Crippen molar-refractivity contribution in [1.82, 2.24) is 15.0 Å². The van der Waals surface area contributed by atoms with E-state index < -0.39 is 14.6 Å². The average Bonchev–Trinajstić information content (AvgIpc) is 3.28. The molecule has 0 bridgehead atoms. The second-order valence-electron chi connectivity index (χ2n) is 8.68. The van der Waals surface area contributed by atoms with Crippen molar-refractivity contribution in [2.75, 3.05) is 44.1 Å². The number of benzene rings is 1. The van der Waals surface area contributed by atoms with Crippen molar-refractivity contribution in [3.63, 3.8) is 0 Å². The van der Waals surface area contributed by atoms with Crippen LogP contribution in [0.3, 0.4) is 0 Å². The molecule has 9 heteroatoms. The number of anilines is 1. The third-order valence-corrected chi connectivity index (χ3v) is 8.72. The van der Waals surface area contributed by atoms with Crippen molar-refractivity contribution in [1.29, 1.82) is 0 Å². The number of ether oxygens (including phenoxy) is 2. The maximum atomic E-state index is 13.1. The van der Waals surface area contributed by atoms with E-state index >= 15 is 0 Å². The lowest BCUT2D eigenvalue weighted by atomic mass is 9.94. The van der Waals surface area contributed by atoms with Crippen LogP contribution in [0, 0.1) is 0 Å². The van der Waals surface area contributed by atoms with Crippen LogP contribution in [-0.2, 0) is 24.1 Å². The summed E-state index contributed by atoms with van der Waals surface area (Å²) in [5, 5.41) is 1.01. The number of nitrogens with zero attached hydrogens (tertiary/aromatic N) is 3. The molecule has 2 fully saturated rings. The average molecular weight is 457 g/mol. The normalized spacial score (nSPS) is 21.7. The second-order valence-corrected chi connectivity index (χ2v) is 11.0. The maximum Gasteiger partial charge on any atom is 0.162 e. The van der Waals surface area contributed by atoms with Crippen LogP contribution in [0.15, 0.2) is 36.5 Å². The highest BCUT2D eigenvalue weighted by Gasteiger charge is 2.46. The van der Waals surface area contributed by atoms with Crippen molar-refractivity contribution in [2.45, 2.75) is 30.6 Å². The third-order valence-electron chi connectivity index (χ3n) is 6.69. The molecule has 0 spiro atoms. The van der Waals surface area contributed by atoms with E-state index in [0.717, 1.165) is 22.3 Å². The SMILES string of the molecule is C[C@H]1COCCN1c1cc(C2(S(C)(=O)=O)CCOCC2)nc(-c2cccc3[nH]ccc23)n1. The Bertz CT molecular complexity index is 1230. The van der Waals surface area contributed by atoms with Crippen LogP contribution in [-0.4, -0.2) is 68.6 Å². The number of hydrogen-bond acceptors (Lipinski definition) is 7. The molecule has 8 nitrogen and oxygen atoms in total. The van der Waals surface area contributed by atoms with Crippen LogP contribution >= 0.6 is 0 Å². The molecule has 4 heterocycles. The Morgan fingerprint density at radius 2 is 1.94 bits per heavy atom. The van der Waals surface area contributed by atoms with E-state index in [-0.39, 0.29) is 6.04 Å². The topological polar surface area (TPSA) is 97.4 Å². The molecular weight excluding hydrogens is 428 g/mol.